The fraction of sp³-hybridized carbons (Fsp3) is 0.889. The number of aliphatic hydroxyl groups excluding tert-OH is 1. The molecule has 82 valence electrons. The molecule has 14 heavy (non-hydrogen) atoms. The minimum atomic E-state index is 0.184. The van der Waals surface area contributed by atoms with Gasteiger partial charge in [0.1, 0.15) is 0 Å². The summed E-state index contributed by atoms with van der Waals surface area (Å²) in [7, 11) is 0. The molecule has 0 spiro atoms. The number of hydrogen-bond acceptors (Lipinski definition) is 3. The van der Waals surface area contributed by atoms with Crippen molar-refractivity contribution >= 4 is 17.3 Å². The van der Waals surface area contributed by atoms with Crippen molar-refractivity contribution in [1.82, 2.24) is 15.5 Å². The second-order valence-corrected chi connectivity index (χ2v) is 3.84. The van der Waals surface area contributed by atoms with Gasteiger partial charge in [-0.05, 0) is 25.1 Å². The highest BCUT2D eigenvalue weighted by molar-refractivity contribution is 7.80. The summed E-state index contributed by atoms with van der Waals surface area (Å²) in [6.07, 6.45) is 2.47. The fourth-order valence-corrected chi connectivity index (χ4v) is 2.10. The van der Waals surface area contributed by atoms with Crippen LogP contribution < -0.4 is 10.6 Å². The summed E-state index contributed by atoms with van der Waals surface area (Å²) in [6.45, 7) is 5.09. The predicted molar refractivity (Wildman–Crippen MR) is 60.8 cm³/mol. The van der Waals surface area contributed by atoms with Gasteiger partial charge in [0.2, 0.25) is 0 Å². The molecule has 1 rings (SSSR count). The SMILES string of the molecule is CCC1NC(=S)NC(CC)N1CCO. The number of β-amino-alcohol motifs (C(OH)–C–C–N with tert-alkyl or cyclic N) is 1. The summed E-state index contributed by atoms with van der Waals surface area (Å²) in [5.74, 6) is 0. The van der Waals surface area contributed by atoms with Gasteiger partial charge in [0, 0.05) is 6.54 Å². The van der Waals surface area contributed by atoms with Crippen LogP contribution in [-0.4, -0.2) is 40.6 Å². The standard InChI is InChI=1S/C9H19N3OS/c1-3-7-10-9(14)11-8(4-2)12(7)5-6-13/h7-8,13H,3-6H2,1-2H3,(H2,10,11,14). The largest absolute Gasteiger partial charge is 0.395 e. The molecule has 0 aromatic heterocycles. The quantitative estimate of drug-likeness (QED) is 0.589. The van der Waals surface area contributed by atoms with Gasteiger partial charge in [-0.15, -0.1) is 0 Å². The van der Waals surface area contributed by atoms with E-state index in [1.165, 1.54) is 0 Å². The van der Waals surface area contributed by atoms with Gasteiger partial charge in [-0.2, -0.15) is 0 Å². The minimum Gasteiger partial charge on any atom is -0.395 e. The van der Waals surface area contributed by atoms with E-state index in [2.05, 4.69) is 29.4 Å². The molecular formula is C9H19N3OS. The van der Waals surface area contributed by atoms with E-state index >= 15 is 0 Å². The Balaban J connectivity index is 2.66. The van der Waals surface area contributed by atoms with Crippen LogP contribution in [0.3, 0.4) is 0 Å². The summed E-state index contributed by atoms with van der Waals surface area (Å²) >= 11 is 5.12. The van der Waals surface area contributed by atoms with Gasteiger partial charge in [-0.25, -0.2) is 0 Å². The summed E-state index contributed by atoms with van der Waals surface area (Å²) in [5, 5.41) is 16.1. The molecule has 2 atom stereocenters. The molecule has 0 saturated carbocycles. The average Bonchev–Trinajstić information content (AvgIpc) is 2.20. The number of aliphatic hydroxyl groups is 1. The molecule has 5 heteroatoms. The highest BCUT2D eigenvalue weighted by Crippen LogP contribution is 2.11. The molecule has 0 aromatic rings. The lowest BCUT2D eigenvalue weighted by atomic mass is 10.2. The Morgan fingerprint density at radius 3 is 2.14 bits per heavy atom. The van der Waals surface area contributed by atoms with E-state index in [9.17, 15) is 0 Å². The van der Waals surface area contributed by atoms with E-state index in [0.717, 1.165) is 18.0 Å². The van der Waals surface area contributed by atoms with Crippen molar-refractivity contribution in [1.29, 1.82) is 0 Å². The van der Waals surface area contributed by atoms with Gasteiger partial charge >= 0.3 is 0 Å². The van der Waals surface area contributed by atoms with Gasteiger partial charge in [-0.1, -0.05) is 13.8 Å². The third-order valence-corrected chi connectivity index (χ3v) is 2.76. The Kier molecular flexibility index (Phi) is 4.57. The smallest absolute Gasteiger partial charge is 0.168 e. The van der Waals surface area contributed by atoms with Crippen LogP contribution in [0.5, 0.6) is 0 Å². The first-order chi connectivity index (χ1) is 6.72. The lowest BCUT2D eigenvalue weighted by Crippen LogP contribution is -2.66. The van der Waals surface area contributed by atoms with Crippen LogP contribution in [0.4, 0.5) is 0 Å². The normalized spacial score (nSPS) is 28.4. The maximum atomic E-state index is 8.98. The second-order valence-electron chi connectivity index (χ2n) is 3.43. The molecule has 1 saturated heterocycles. The molecular weight excluding hydrogens is 198 g/mol. The number of hydrogen-bond donors (Lipinski definition) is 3. The molecule has 1 heterocycles. The topological polar surface area (TPSA) is 47.5 Å². The van der Waals surface area contributed by atoms with Crippen LogP contribution in [0.15, 0.2) is 0 Å². The van der Waals surface area contributed by atoms with E-state index in [0.29, 0.717) is 6.54 Å². The highest BCUT2D eigenvalue weighted by Gasteiger charge is 2.29. The molecule has 2 unspecified atom stereocenters. The Hall–Kier alpha value is -0.390. The first kappa shape index (κ1) is 11.7. The van der Waals surface area contributed by atoms with Crippen LogP contribution in [0.25, 0.3) is 0 Å². The second kappa shape index (κ2) is 5.48. The van der Waals surface area contributed by atoms with Crippen LogP contribution in [0.2, 0.25) is 0 Å². The van der Waals surface area contributed by atoms with Crippen LogP contribution in [0, 0.1) is 0 Å². The summed E-state index contributed by atoms with van der Waals surface area (Å²) in [5.41, 5.74) is 0. The molecule has 0 aromatic carbocycles. The molecule has 1 aliphatic heterocycles. The zero-order valence-corrected chi connectivity index (χ0v) is 9.60. The monoisotopic (exact) mass is 217 g/mol. The molecule has 1 fully saturated rings. The predicted octanol–water partition coefficient (Wildman–Crippen LogP) is 0.231. The lowest BCUT2D eigenvalue weighted by Gasteiger charge is -2.43. The van der Waals surface area contributed by atoms with Crippen molar-refractivity contribution in [3.05, 3.63) is 0 Å². The third kappa shape index (κ3) is 2.56. The molecule has 0 bridgehead atoms. The first-order valence-corrected chi connectivity index (χ1v) is 5.57. The maximum Gasteiger partial charge on any atom is 0.168 e. The van der Waals surface area contributed by atoms with Crippen LogP contribution >= 0.6 is 12.2 Å². The Morgan fingerprint density at radius 1 is 1.29 bits per heavy atom. The van der Waals surface area contributed by atoms with Crippen molar-refractivity contribution < 1.29 is 5.11 Å². The Bertz CT molecular complexity index is 184. The highest BCUT2D eigenvalue weighted by atomic mass is 32.1. The van der Waals surface area contributed by atoms with Gasteiger partial charge in [0.05, 0.1) is 18.9 Å². The first-order valence-electron chi connectivity index (χ1n) is 5.16. The Labute approximate surface area is 90.7 Å². The van der Waals surface area contributed by atoms with Crippen LogP contribution in [-0.2, 0) is 0 Å². The number of nitrogens with one attached hydrogen (secondary N) is 2. The van der Waals surface area contributed by atoms with Crippen molar-refractivity contribution in [3.8, 4) is 0 Å². The third-order valence-electron chi connectivity index (χ3n) is 2.53. The molecule has 0 radical (unpaired) electrons. The van der Waals surface area contributed by atoms with E-state index in [1.54, 1.807) is 0 Å². The zero-order valence-electron chi connectivity index (χ0n) is 8.79. The van der Waals surface area contributed by atoms with Crippen LogP contribution in [0.1, 0.15) is 26.7 Å². The number of thiocarbonyl (C=S) groups is 1. The van der Waals surface area contributed by atoms with Crippen molar-refractivity contribution in [2.75, 3.05) is 13.2 Å². The van der Waals surface area contributed by atoms with Crippen molar-refractivity contribution in [2.45, 2.75) is 39.0 Å². The molecule has 1 aliphatic rings. The number of rotatable bonds is 4. The summed E-state index contributed by atoms with van der Waals surface area (Å²) in [4.78, 5) is 2.22. The molecule has 3 N–H and O–H groups in total. The van der Waals surface area contributed by atoms with Gasteiger partial charge < -0.3 is 15.7 Å². The summed E-state index contributed by atoms with van der Waals surface area (Å²) < 4.78 is 0. The van der Waals surface area contributed by atoms with E-state index in [1.807, 2.05) is 0 Å². The average molecular weight is 217 g/mol. The van der Waals surface area contributed by atoms with E-state index < -0.39 is 0 Å². The van der Waals surface area contributed by atoms with Gasteiger partial charge in [0.15, 0.2) is 5.11 Å². The maximum absolute atomic E-state index is 8.98. The van der Waals surface area contributed by atoms with E-state index in [-0.39, 0.29) is 18.9 Å². The molecule has 0 aliphatic carbocycles. The Morgan fingerprint density at radius 2 is 1.79 bits per heavy atom. The van der Waals surface area contributed by atoms with Gasteiger partial charge in [0.25, 0.3) is 0 Å². The molecule has 4 nitrogen and oxygen atoms in total. The fourth-order valence-electron chi connectivity index (χ4n) is 1.83. The molecule has 0 amide bonds. The van der Waals surface area contributed by atoms with Crippen molar-refractivity contribution in [3.63, 3.8) is 0 Å². The zero-order chi connectivity index (χ0) is 10.6. The lowest BCUT2D eigenvalue weighted by molar-refractivity contribution is 0.0664. The van der Waals surface area contributed by atoms with Crippen molar-refractivity contribution in [2.24, 2.45) is 0 Å². The minimum absolute atomic E-state index is 0.184. The van der Waals surface area contributed by atoms with E-state index in [4.69, 9.17) is 17.3 Å². The van der Waals surface area contributed by atoms with Gasteiger partial charge in [-0.3, -0.25) is 4.90 Å². The summed E-state index contributed by atoms with van der Waals surface area (Å²) in [6, 6.07) is 0. The number of nitrogens with zero attached hydrogens (tertiary/aromatic N) is 1.